The number of piperidine rings is 1. The van der Waals surface area contributed by atoms with Gasteiger partial charge in [0.25, 0.3) is 0 Å². The molecule has 1 aliphatic rings. The van der Waals surface area contributed by atoms with Crippen molar-refractivity contribution < 1.29 is 8.42 Å². The fourth-order valence-corrected chi connectivity index (χ4v) is 3.31. The van der Waals surface area contributed by atoms with Gasteiger partial charge in [-0.2, -0.15) is 5.10 Å². The van der Waals surface area contributed by atoms with Crippen molar-refractivity contribution in [3.63, 3.8) is 0 Å². The quantitative estimate of drug-likeness (QED) is 0.842. The van der Waals surface area contributed by atoms with Crippen molar-refractivity contribution in [2.45, 2.75) is 56.9 Å². The smallest absolute Gasteiger partial charge is 0.213 e. The number of sulfonamides is 1. The van der Waals surface area contributed by atoms with Crippen molar-refractivity contribution in [3.8, 4) is 0 Å². The molecule has 20 heavy (non-hydrogen) atoms. The SMILES string of the molecule is CCC(C)n1ccc(CC2CCC(S(N)(=O)=O)CN2)n1. The molecular formula is C13H24N4O2S. The molecule has 2 heterocycles. The highest BCUT2D eigenvalue weighted by atomic mass is 32.2. The molecule has 0 saturated carbocycles. The number of rotatable bonds is 5. The third-order valence-electron chi connectivity index (χ3n) is 4.10. The summed E-state index contributed by atoms with van der Waals surface area (Å²) < 4.78 is 24.6. The average Bonchev–Trinajstić information content (AvgIpc) is 2.86. The van der Waals surface area contributed by atoms with Crippen LogP contribution >= 0.6 is 0 Å². The molecule has 7 heteroatoms. The molecule has 0 amide bonds. The van der Waals surface area contributed by atoms with Crippen LogP contribution in [-0.2, 0) is 16.4 Å². The number of primary sulfonamides is 1. The van der Waals surface area contributed by atoms with Crippen molar-refractivity contribution in [3.05, 3.63) is 18.0 Å². The van der Waals surface area contributed by atoms with E-state index in [9.17, 15) is 8.42 Å². The molecule has 0 aromatic carbocycles. The number of aromatic nitrogens is 2. The van der Waals surface area contributed by atoms with Gasteiger partial charge < -0.3 is 5.32 Å². The minimum atomic E-state index is -3.41. The van der Waals surface area contributed by atoms with Crippen molar-refractivity contribution in [2.75, 3.05) is 6.54 Å². The second kappa shape index (κ2) is 6.24. The monoisotopic (exact) mass is 300 g/mol. The Morgan fingerprint density at radius 2 is 2.30 bits per heavy atom. The highest BCUT2D eigenvalue weighted by Crippen LogP contribution is 2.17. The molecule has 6 nitrogen and oxygen atoms in total. The van der Waals surface area contributed by atoms with Gasteiger partial charge in [0.05, 0.1) is 10.9 Å². The fourth-order valence-electron chi connectivity index (χ4n) is 2.52. The van der Waals surface area contributed by atoms with Crippen LogP contribution in [0.5, 0.6) is 0 Å². The number of hydrogen-bond donors (Lipinski definition) is 2. The summed E-state index contributed by atoms with van der Waals surface area (Å²) in [5.41, 5.74) is 1.05. The Hall–Kier alpha value is -0.920. The Labute approximate surface area is 120 Å². The molecule has 0 aliphatic carbocycles. The second-order valence-corrected chi connectivity index (χ2v) is 7.49. The highest BCUT2D eigenvalue weighted by molar-refractivity contribution is 7.89. The molecule has 0 radical (unpaired) electrons. The first-order chi connectivity index (χ1) is 9.40. The van der Waals surface area contributed by atoms with Gasteiger partial charge in [-0.1, -0.05) is 6.92 Å². The van der Waals surface area contributed by atoms with Crippen molar-refractivity contribution in [2.24, 2.45) is 5.14 Å². The third kappa shape index (κ3) is 3.80. The van der Waals surface area contributed by atoms with Gasteiger partial charge in [-0.3, -0.25) is 4.68 Å². The van der Waals surface area contributed by atoms with E-state index in [-0.39, 0.29) is 6.04 Å². The van der Waals surface area contributed by atoms with Crippen LogP contribution in [-0.4, -0.2) is 36.0 Å². The Bertz CT molecular complexity index is 532. The minimum absolute atomic E-state index is 0.285. The number of nitrogens with zero attached hydrogens (tertiary/aromatic N) is 2. The molecule has 114 valence electrons. The maximum absolute atomic E-state index is 11.3. The van der Waals surface area contributed by atoms with Gasteiger partial charge >= 0.3 is 0 Å². The fraction of sp³-hybridized carbons (Fsp3) is 0.769. The lowest BCUT2D eigenvalue weighted by molar-refractivity contribution is 0.390. The first-order valence-corrected chi connectivity index (χ1v) is 8.80. The van der Waals surface area contributed by atoms with Crippen molar-refractivity contribution in [1.82, 2.24) is 15.1 Å². The number of nitrogens with one attached hydrogen (secondary N) is 1. The molecule has 0 spiro atoms. The van der Waals surface area contributed by atoms with Crippen LogP contribution in [0, 0.1) is 0 Å². The predicted molar refractivity (Wildman–Crippen MR) is 78.9 cm³/mol. The highest BCUT2D eigenvalue weighted by Gasteiger charge is 2.28. The zero-order chi connectivity index (χ0) is 14.8. The minimum Gasteiger partial charge on any atom is -0.312 e. The van der Waals surface area contributed by atoms with E-state index in [1.807, 2.05) is 16.9 Å². The summed E-state index contributed by atoms with van der Waals surface area (Å²) in [6.45, 7) is 4.73. The van der Waals surface area contributed by atoms with Crippen molar-refractivity contribution >= 4 is 10.0 Å². The van der Waals surface area contributed by atoms with Gasteiger partial charge in [-0.05, 0) is 32.3 Å². The van der Waals surface area contributed by atoms with E-state index in [1.165, 1.54) is 0 Å². The van der Waals surface area contributed by atoms with E-state index in [0.717, 1.165) is 25.0 Å². The summed E-state index contributed by atoms with van der Waals surface area (Å²) >= 11 is 0. The van der Waals surface area contributed by atoms with Gasteiger partial charge in [-0.25, -0.2) is 13.6 Å². The Morgan fingerprint density at radius 1 is 1.55 bits per heavy atom. The average molecular weight is 300 g/mol. The maximum atomic E-state index is 11.3. The van der Waals surface area contributed by atoms with Gasteiger partial charge in [0.2, 0.25) is 10.0 Å². The standard InChI is InChI=1S/C13H24N4O2S/c1-3-10(2)17-7-6-12(16-17)8-11-4-5-13(9-15-11)20(14,18)19/h6-7,10-11,13,15H,3-5,8-9H2,1-2H3,(H2,14,18,19). The Balaban J connectivity index is 1.88. The number of nitrogens with two attached hydrogens (primary N) is 1. The summed E-state index contributed by atoms with van der Waals surface area (Å²) in [6, 6.07) is 2.74. The first-order valence-electron chi connectivity index (χ1n) is 7.19. The van der Waals surface area contributed by atoms with Gasteiger partial charge in [-0.15, -0.1) is 0 Å². The summed E-state index contributed by atoms with van der Waals surface area (Å²) in [5.74, 6) is 0. The summed E-state index contributed by atoms with van der Waals surface area (Å²) in [4.78, 5) is 0. The van der Waals surface area contributed by atoms with Crippen LogP contribution in [0.2, 0.25) is 0 Å². The normalized spacial score (nSPS) is 25.6. The van der Waals surface area contributed by atoms with E-state index in [1.54, 1.807) is 0 Å². The lowest BCUT2D eigenvalue weighted by atomic mass is 10.0. The largest absolute Gasteiger partial charge is 0.312 e. The van der Waals surface area contributed by atoms with Crippen molar-refractivity contribution in [1.29, 1.82) is 0 Å². The van der Waals surface area contributed by atoms with E-state index in [0.29, 0.717) is 19.0 Å². The van der Waals surface area contributed by atoms with E-state index >= 15 is 0 Å². The molecule has 3 unspecified atom stereocenters. The van der Waals surface area contributed by atoms with Gasteiger partial charge in [0.15, 0.2) is 0 Å². The lowest BCUT2D eigenvalue weighted by Crippen LogP contribution is -2.47. The van der Waals surface area contributed by atoms with Crippen LogP contribution in [0.3, 0.4) is 0 Å². The van der Waals surface area contributed by atoms with Crippen LogP contribution in [0.25, 0.3) is 0 Å². The first kappa shape index (κ1) is 15.5. The van der Waals surface area contributed by atoms with Crippen LogP contribution in [0.1, 0.15) is 44.8 Å². The molecule has 3 atom stereocenters. The molecule has 2 rings (SSSR count). The molecule has 1 aromatic rings. The topological polar surface area (TPSA) is 90.0 Å². The Kier molecular flexibility index (Phi) is 4.82. The zero-order valence-corrected chi connectivity index (χ0v) is 12.9. The summed E-state index contributed by atoms with van der Waals surface area (Å²) in [7, 11) is -3.41. The molecular weight excluding hydrogens is 276 g/mol. The second-order valence-electron chi connectivity index (χ2n) is 5.64. The van der Waals surface area contributed by atoms with Crippen LogP contribution in [0.15, 0.2) is 12.3 Å². The summed E-state index contributed by atoms with van der Waals surface area (Å²) in [6.07, 6.45) is 5.35. The lowest BCUT2D eigenvalue weighted by Gasteiger charge is -2.28. The molecule has 3 N–H and O–H groups in total. The summed E-state index contributed by atoms with van der Waals surface area (Å²) in [5, 5.41) is 12.6. The van der Waals surface area contributed by atoms with Crippen LogP contribution < -0.4 is 10.5 Å². The molecule has 1 aromatic heterocycles. The Morgan fingerprint density at radius 3 is 2.85 bits per heavy atom. The zero-order valence-electron chi connectivity index (χ0n) is 12.1. The maximum Gasteiger partial charge on any atom is 0.213 e. The molecule has 1 fully saturated rings. The third-order valence-corrected chi connectivity index (χ3v) is 5.43. The predicted octanol–water partition coefficient (Wildman–Crippen LogP) is 0.806. The number of hydrogen-bond acceptors (Lipinski definition) is 4. The molecule has 0 bridgehead atoms. The van der Waals surface area contributed by atoms with E-state index in [4.69, 9.17) is 5.14 Å². The van der Waals surface area contributed by atoms with E-state index in [2.05, 4.69) is 24.3 Å². The van der Waals surface area contributed by atoms with Gasteiger partial charge in [0.1, 0.15) is 0 Å². The van der Waals surface area contributed by atoms with E-state index < -0.39 is 15.3 Å². The van der Waals surface area contributed by atoms with Crippen LogP contribution in [0.4, 0.5) is 0 Å². The van der Waals surface area contributed by atoms with Gasteiger partial charge in [0, 0.05) is 31.2 Å². The molecule has 1 aliphatic heterocycles. The molecule has 1 saturated heterocycles.